The summed E-state index contributed by atoms with van der Waals surface area (Å²) >= 11 is 0. The van der Waals surface area contributed by atoms with Gasteiger partial charge in [0.25, 0.3) is 0 Å². The zero-order valence-electron chi connectivity index (χ0n) is 8.29. The maximum atomic E-state index is 10.6. The van der Waals surface area contributed by atoms with Crippen LogP contribution in [0.3, 0.4) is 0 Å². The highest BCUT2D eigenvalue weighted by Gasteiger charge is 1.97. The number of benzene rings is 1. The fourth-order valence-electron chi connectivity index (χ4n) is 0.800. The Hall–Kier alpha value is -1.51. The van der Waals surface area contributed by atoms with Crippen molar-refractivity contribution >= 4 is 17.3 Å². The summed E-state index contributed by atoms with van der Waals surface area (Å²) in [5.41, 5.74) is 6.81. The maximum absolute atomic E-state index is 10.6. The lowest BCUT2D eigenvalue weighted by Gasteiger charge is -2.03. The molecule has 0 aromatic heterocycles. The average Bonchev–Trinajstić information content (AvgIpc) is 2.12. The fourth-order valence-corrected chi connectivity index (χ4v) is 0.800. The zero-order valence-corrected chi connectivity index (χ0v) is 8.29. The van der Waals surface area contributed by atoms with Crippen LogP contribution in [0, 0.1) is 0 Å². The Bertz CT molecular complexity index is 271. The number of amides is 1. The molecule has 0 aliphatic rings. The van der Waals surface area contributed by atoms with E-state index in [0.29, 0.717) is 11.4 Å². The van der Waals surface area contributed by atoms with Gasteiger partial charge in [-0.3, -0.25) is 4.79 Å². The summed E-state index contributed by atoms with van der Waals surface area (Å²) in [4.78, 5) is 10.6. The molecule has 0 spiro atoms. The first-order valence-corrected chi connectivity index (χ1v) is 4.32. The Morgan fingerprint density at radius 1 is 1.31 bits per heavy atom. The third-order valence-electron chi connectivity index (χ3n) is 1.27. The number of carbonyl (C=O) groups is 1. The topological polar surface area (TPSA) is 55.1 Å². The van der Waals surface area contributed by atoms with Crippen LogP contribution in [0.2, 0.25) is 0 Å². The van der Waals surface area contributed by atoms with Gasteiger partial charge in [-0.05, 0) is 12.1 Å². The Morgan fingerprint density at radius 3 is 2.31 bits per heavy atom. The lowest BCUT2D eigenvalue weighted by atomic mass is 10.3. The molecule has 1 rings (SSSR count). The first-order valence-electron chi connectivity index (χ1n) is 4.32. The molecule has 0 atom stereocenters. The van der Waals surface area contributed by atoms with Gasteiger partial charge in [-0.15, -0.1) is 0 Å². The summed E-state index contributed by atoms with van der Waals surface area (Å²) in [5.74, 6) is -0.108. The number of nitrogen functional groups attached to an aromatic ring is 1. The molecule has 0 heterocycles. The Balaban J connectivity index is 0.000000671. The van der Waals surface area contributed by atoms with Gasteiger partial charge >= 0.3 is 0 Å². The molecule has 0 saturated carbocycles. The van der Waals surface area contributed by atoms with E-state index < -0.39 is 0 Å². The van der Waals surface area contributed by atoms with E-state index in [1.165, 1.54) is 6.92 Å². The monoisotopic (exact) mass is 180 g/mol. The van der Waals surface area contributed by atoms with Crippen molar-refractivity contribution in [3.8, 4) is 0 Å². The number of carbonyl (C=O) groups excluding carboxylic acids is 1. The number of rotatable bonds is 1. The van der Waals surface area contributed by atoms with E-state index in [4.69, 9.17) is 5.73 Å². The van der Waals surface area contributed by atoms with Crippen LogP contribution in [0.1, 0.15) is 20.8 Å². The molecule has 3 nitrogen and oxygen atoms in total. The summed E-state index contributed by atoms with van der Waals surface area (Å²) in [6.07, 6.45) is 0. The normalized spacial score (nSPS) is 8.23. The molecular weight excluding hydrogens is 164 g/mol. The Labute approximate surface area is 78.9 Å². The Morgan fingerprint density at radius 2 is 1.85 bits per heavy atom. The van der Waals surface area contributed by atoms with Crippen molar-refractivity contribution in [2.24, 2.45) is 0 Å². The van der Waals surface area contributed by atoms with Gasteiger partial charge in [-0.2, -0.15) is 0 Å². The second kappa shape index (κ2) is 6.06. The van der Waals surface area contributed by atoms with Crippen LogP contribution in [0.25, 0.3) is 0 Å². The highest BCUT2D eigenvalue weighted by atomic mass is 16.1. The van der Waals surface area contributed by atoms with Gasteiger partial charge < -0.3 is 11.1 Å². The molecule has 1 aromatic rings. The zero-order chi connectivity index (χ0) is 10.3. The highest BCUT2D eigenvalue weighted by Crippen LogP contribution is 2.15. The van der Waals surface area contributed by atoms with Crippen LogP contribution in [0.5, 0.6) is 0 Å². The summed E-state index contributed by atoms with van der Waals surface area (Å²) in [6.45, 7) is 5.45. The minimum Gasteiger partial charge on any atom is -0.397 e. The molecule has 72 valence electrons. The van der Waals surface area contributed by atoms with Crippen LogP contribution in [-0.4, -0.2) is 5.91 Å². The predicted molar refractivity (Wildman–Crippen MR) is 56.5 cm³/mol. The maximum Gasteiger partial charge on any atom is 0.221 e. The summed E-state index contributed by atoms with van der Waals surface area (Å²) < 4.78 is 0. The molecule has 0 unspecified atom stereocenters. The van der Waals surface area contributed by atoms with Gasteiger partial charge in [-0.25, -0.2) is 0 Å². The molecule has 13 heavy (non-hydrogen) atoms. The predicted octanol–water partition coefficient (Wildman–Crippen LogP) is 2.25. The van der Waals surface area contributed by atoms with Gasteiger partial charge in [-0.1, -0.05) is 26.0 Å². The average molecular weight is 180 g/mol. The minimum absolute atomic E-state index is 0.108. The van der Waals surface area contributed by atoms with Crippen molar-refractivity contribution < 1.29 is 4.79 Å². The molecule has 3 heteroatoms. The van der Waals surface area contributed by atoms with Crippen molar-refractivity contribution in [1.82, 2.24) is 0 Å². The first kappa shape index (κ1) is 11.5. The summed E-state index contributed by atoms with van der Waals surface area (Å²) in [5, 5.41) is 2.61. The molecule has 3 N–H and O–H groups in total. The van der Waals surface area contributed by atoms with Crippen molar-refractivity contribution in [2.75, 3.05) is 11.1 Å². The standard InChI is InChI=1S/C8H10N2O.C2H6/c1-6(11)10-8-5-3-2-4-7(8)9;1-2/h2-5H,9H2,1H3,(H,10,11);1-2H3. The number of anilines is 2. The van der Waals surface area contributed by atoms with Crippen LogP contribution in [0.4, 0.5) is 11.4 Å². The van der Waals surface area contributed by atoms with E-state index in [9.17, 15) is 4.79 Å². The van der Waals surface area contributed by atoms with Gasteiger partial charge in [0, 0.05) is 6.92 Å². The number of para-hydroxylation sites is 2. The summed E-state index contributed by atoms with van der Waals surface area (Å²) in [7, 11) is 0. The van der Waals surface area contributed by atoms with Crippen LogP contribution < -0.4 is 11.1 Å². The van der Waals surface area contributed by atoms with Crippen molar-refractivity contribution in [1.29, 1.82) is 0 Å². The molecule has 0 aliphatic heterocycles. The van der Waals surface area contributed by atoms with Crippen LogP contribution in [-0.2, 0) is 4.79 Å². The van der Waals surface area contributed by atoms with E-state index in [0.717, 1.165) is 0 Å². The fraction of sp³-hybridized carbons (Fsp3) is 0.300. The van der Waals surface area contributed by atoms with Gasteiger partial charge in [0.05, 0.1) is 11.4 Å². The third-order valence-corrected chi connectivity index (χ3v) is 1.27. The third kappa shape index (κ3) is 4.15. The van der Waals surface area contributed by atoms with Gasteiger partial charge in [0.1, 0.15) is 0 Å². The van der Waals surface area contributed by atoms with E-state index in [2.05, 4.69) is 5.32 Å². The number of hydrogen-bond acceptors (Lipinski definition) is 2. The molecule has 0 fully saturated rings. The van der Waals surface area contributed by atoms with Crippen molar-refractivity contribution in [3.63, 3.8) is 0 Å². The van der Waals surface area contributed by atoms with Crippen molar-refractivity contribution in [3.05, 3.63) is 24.3 Å². The van der Waals surface area contributed by atoms with Crippen molar-refractivity contribution in [2.45, 2.75) is 20.8 Å². The minimum atomic E-state index is -0.108. The first-order chi connectivity index (χ1) is 6.20. The molecule has 1 aromatic carbocycles. The smallest absolute Gasteiger partial charge is 0.221 e. The van der Waals surface area contributed by atoms with E-state index in [-0.39, 0.29) is 5.91 Å². The number of nitrogens with two attached hydrogens (primary N) is 1. The molecule has 1 amide bonds. The second-order valence-electron chi connectivity index (χ2n) is 2.27. The van der Waals surface area contributed by atoms with E-state index in [1.807, 2.05) is 26.0 Å². The van der Waals surface area contributed by atoms with Gasteiger partial charge in [0.15, 0.2) is 0 Å². The quantitative estimate of drug-likeness (QED) is 0.651. The molecule has 0 saturated heterocycles. The van der Waals surface area contributed by atoms with Crippen LogP contribution in [0.15, 0.2) is 24.3 Å². The van der Waals surface area contributed by atoms with Gasteiger partial charge in [0.2, 0.25) is 5.91 Å². The summed E-state index contributed by atoms with van der Waals surface area (Å²) in [6, 6.07) is 7.14. The second-order valence-corrected chi connectivity index (χ2v) is 2.27. The SMILES string of the molecule is CC.CC(=O)Nc1ccccc1N. The van der Waals surface area contributed by atoms with E-state index in [1.54, 1.807) is 12.1 Å². The molecular formula is C10H16N2O. The largest absolute Gasteiger partial charge is 0.397 e. The number of nitrogens with one attached hydrogen (secondary N) is 1. The number of hydrogen-bond donors (Lipinski definition) is 2. The van der Waals surface area contributed by atoms with Crippen LogP contribution >= 0.6 is 0 Å². The van der Waals surface area contributed by atoms with E-state index >= 15 is 0 Å². The lowest BCUT2D eigenvalue weighted by molar-refractivity contribution is -0.114. The Kier molecular flexibility index (Phi) is 5.35. The lowest BCUT2D eigenvalue weighted by Crippen LogP contribution is -2.07. The molecule has 0 radical (unpaired) electrons. The molecule has 0 aliphatic carbocycles. The highest BCUT2D eigenvalue weighted by molar-refractivity contribution is 5.91. The molecule has 0 bridgehead atoms.